The van der Waals surface area contributed by atoms with Gasteiger partial charge < -0.3 is 15.5 Å². The largest absolute Gasteiger partial charge is 0.394 e. The van der Waals surface area contributed by atoms with E-state index in [1.54, 1.807) is 6.07 Å². The molecule has 3 N–H and O–H groups in total. The number of hydrogen-bond acceptors (Lipinski definition) is 5. The van der Waals surface area contributed by atoms with Crippen molar-refractivity contribution in [3.05, 3.63) is 58.6 Å². The second-order valence-electron chi connectivity index (χ2n) is 4.57. The Hall–Kier alpha value is -2.44. The quantitative estimate of drug-likeness (QED) is 0.558. The van der Waals surface area contributed by atoms with Crippen LogP contribution in [0, 0.1) is 10.1 Å². The van der Waals surface area contributed by atoms with Crippen LogP contribution in [0.5, 0.6) is 0 Å². The van der Waals surface area contributed by atoms with E-state index in [1.165, 1.54) is 12.1 Å². The Morgan fingerprint density at radius 2 is 1.90 bits per heavy atom. The van der Waals surface area contributed by atoms with Crippen LogP contribution in [-0.4, -0.2) is 34.4 Å². The van der Waals surface area contributed by atoms with Gasteiger partial charge in [-0.15, -0.1) is 0 Å². The van der Waals surface area contributed by atoms with Crippen molar-refractivity contribution in [1.82, 2.24) is 0 Å². The van der Waals surface area contributed by atoms with E-state index in [0.717, 1.165) is 5.56 Å². The molecule has 0 aliphatic carbocycles. The zero-order valence-corrected chi connectivity index (χ0v) is 11.3. The first kappa shape index (κ1) is 15.0. The van der Waals surface area contributed by atoms with E-state index in [0.29, 0.717) is 11.3 Å². The second-order valence-corrected chi connectivity index (χ2v) is 4.57. The predicted molar refractivity (Wildman–Crippen MR) is 80.1 cm³/mol. The number of nitro benzene ring substituents is 1. The number of aliphatic hydroxyl groups is 2. The molecule has 0 saturated heterocycles. The molecule has 21 heavy (non-hydrogen) atoms. The highest BCUT2D eigenvalue weighted by Gasteiger charge is 2.13. The summed E-state index contributed by atoms with van der Waals surface area (Å²) in [6.07, 6.45) is -0.885. The third-order valence-corrected chi connectivity index (χ3v) is 3.04. The normalized spacial score (nSPS) is 11.9. The number of nitrogens with zero attached hydrogens (tertiary/aromatic N) is 1. The smallest absolute Gasteiger partial charge is 0.270 e. The molecule has 0 heterocycles. The van der Waals surface area contributed by atoms with Gasteiger partial charge in [0.1, 0.15) is 0 Å². The maximum absolute atomic E-state index is 10.9. The first-order valence-electron chi connectivity index (χ1n) is 6.48. The molecule has 110 valence electrons. The van der Waals surface area contributed by atoms with Crippen LogP contribution in [0.1, 0.15) is 0 Å². The number of nitro groups is 1. The van der Waals surface area contributed by atoms with Crippen LogP contribution in [0.15, 0.2) is 48.5 Å². The van der Waals surface area contributed by atoms with Gasteiger partial charge in [-0.3, -0.25) is 10.1 Å². The fraction of sp³-hybridized carbons (Fsp3) is 0.200. The molecule has 6 nitrogen and oxygen atoms in total. The minimum atomic E-state index is -0.885. The summed E-state index contributed by atoms with van der Waals surface area (Å²) in [4.78, 5) is 10.5. The summed E-state index contributed by atoms with van der Waals surface area (Å²) in [5, 5.41) is 32.2. The molecule has 1 unspecified atom stereocenters. The molecule has 0 radical (unpaired) electrons. The number of benzene rings is 2. The highest BCUT2D eigenvalue weighted by molar-refractivity contribution is 5.79. The number of non-ortho nitro benzene ring substituents is 1. The van der Waals surface area contributed by atoms with E-state index >= 15 is 0 Å². The van der Waals surface area contributed by atoms with Crippen LogP contribution < -0.4 is 5.32 Å². The molecule has 0 bridgehead atoms. The van der Waals surface area contributed by atoms with Crippen LogP contribution >= 0.6 is 0 Å². The molecule has 2 rings (SSSR count). The number of hydrogen-bond donors (Lipinski definition) is 3. The van der Waals surface area contributed by atoms with Crippen molar-refractivity contribution in [2.45, 2.75) is 6.10 Å². The fourth-order valence-corrected chi connectivity index (χ4v) is 1.95. The van der Waals surface area contributed by atoms with Gasteiger partial charge >= 0.3 is 0 Å². The van der Waals surface area contributed by atoms with Crippen molar-refractivity contribution < 1.29 is 15.1 Å². The van der Waals surface area contributed by atoms with Gasteiger partial charge in [-0.05, 0) is 11.6 Å². The van der Waals surface area contributed by atoms with Crippen molar-refractivity contribution in [2.24, 2.45) is 0 Å². The van der Waals surface area contributed by atoms with Crippen LogP contribution in [-0.2, 0) is 0 Å². The van der Waals surface area contributed by atoms with E-state index in [-0.39, 0.29) is 18.8 Å². The lowest BCUT2D eigenvalue weighted by atomic mass is 10.0. The fourth-order valence-electron chi connectivity index (χ4n) is 1.95. The highest BCUT2D eigenvalue weighted by Crippen LogP contribution is 2.31. The summed E-state index contributed by atoms with van der Waals surface area (Å²) in [6, 6.07) is 13.8. The number of aliphatic hydroxyl groups excluding tert-OH is 2. The minimum Gasteiger partial charge on any atom is -0.394 e. The van der Waals surface area contributed by atoms with Gasteiger partial charge in [0, 0.05) is 29.9 Å². The molecule has 2 aromatic rings. The Balaban J connectivity index is 2.37. The molecular weight excluding hydrogens is 272 g/mol. The molecule has 1 atom stereocenters. The minimum absolute atomic E-state index is 0.00195. The van der Waals surface area contributed by atoms with Crippen molar-refractivity contribution in [3.63, 3.8) is 0 Å². The number of nitrogens with one attached hydrogen (secondary N) is 1. The Morgan fingerprint density at radius 1 is 1.19 bits per heavy atom. The zero-order chi connectivity index (χ0) is 15.2. The summed E-state index contributed by atoms with van der Waals surface area (Å²) < 4.78 is 0. The van der Waals surface area contributed by atoms with Gasteiger partial charge in [0.15, 0.2) is 0 Å². The van der Waals surface area contributed by atoms with E-state index in [2.05, 4.69) is 5.32 Å². The molecular formula is C15H16N2O4. The topological polar surface area (TPSA) is 95.6 Å². The third-order valence-electron chi connectivity index (χ3n) is 3.04. The van der Waals surface area contributed by atoms with Crippen LogP contribution in [0.2, 0.25) is 0 Å². The molecule has 2 aromatic carbocycles. The molecule has 6 heteroatoms. The molecule has 0 saturated carbocycles. The lowest BCUT2D eigenvalue weighted by Gasteiger charge is -2.14. The predicted octanol–water partition coefficient (Wildman–Crippen LogP) is 2.03. The maximum atomic E-state index is 10.9. The Labute approximate surface area is 121 Å². The summed E-state index contributed by atoms with van der Waals surface area (Å²) >= 11 is 0. The van der Waals surface area contributed by atoms with E-state index < -0.39 is 11.0 Å². The monoisotopic (exact) mass is 288 g/mol. The van der Waals surface area contributed by atoms with Crippen LogP contribution in [0.4, 0.5) is 11.4 Å². The first-order valence-corrected chi connectivity index (χ1v) is 6.48. The highest BCUT2D eigenvalue weighted by atomic mass is 16.6. The molecule has 0 aliphatic heterocycles. The Morgan fingerprint density at radius 3 is 2.52 bits per heavy atom. The standard InChI is InChI=1S/C15H16N2O4/c18-10-13(19)9-16-15-7-6-12(17(20)21)8-14(15)11-4-2-1-3-5-11/h1-8,13,16,18-19H,9-10H2. The van der Waals surface area contributed by atoms with E-state index in [9.17, 15) is 15.2 Å². The molecule has 0 amide bonds. The van der Waals surface area contributed by atoms with Gasteiger partial charge in [-0.2, -0.15) is 0 Å². The van der Waals surface area contributed by atoms with Crippen LogP contribution in [0.3, 0.4) is 0 Å². The van der Waals surface area contributed by atoms with Crippen molar-refractivity contribution in [1.29, 1.82) is 0 Å². The van der Waals surface area contributed by atoms with Gasteiger partial charge in [0.05, 0.1) is 17.6 Å². The molecule has 0 aliphatic rings. The van der Waals surface area contributed by atoms with Crippen molar-refractivity contribution in [2.75, 3.05) is 18.5 Å². The summed E-state index contributed by atoms with van der Waals surface area (Å²) in [5.74, 6) is 0. The summed E-state index contributed by atoms with van der Waals surface area (Å²) in [5.41, 5.74) is 2.18. The molecule has 0 fully saturated rings. The Kier molecular flexibility index (Phi) is 4.86. The van der Waals surface area contributed by atoms with Gasteiger partial charge in [0.2, 0.25) is 0 Å². The van der Waals surface area contributed by atoms with Gasteiger partial charge in [0.25, 0.3) is 5.69 Å². The van der Waals surface area contributed by atoms with Crippen LogP contribution in [0.25, 0.3) is 11.1 Å². The molecule has 0 spiro atoms. The summed E-state index contributed by atoms with van der Waals surface area (Å²) in [6.45, 7) is -0.186. The van der Waals surface area contributed by atoms with E-state index in [1.807, 2.05) is 30.3 Å². The van der Waals surface area contributed by atoms with Gasteiger partial charge in [-0.1, -0.05) is 30.3 Å². The second kappa shape index (κ2) is 6.83. The molecule has 0 aromatic heterocycles. The lowest BCUT2D eigenvalue weighted by molar-refractivity contribution is -0.384. The van der Waals surface area contributed by atoms with Crippen molar-refractivity contribution >= 4 is 11.4 Å². The maximum Gasteiger partial charge on any atom is 0.270 e. The number of rotatable bonds is 6. The summed E-state index contributed by atoms with van der Waals surface area (Å²) in [7, 11) is 0. The average Bonchev–Trinajstić information content (AvgIpc) is 2.53. The average molecular weight is 288 g/mol. The SMILES string of the molecule is O=[N+]([O-])c1ccc(NCC(O)CO)c(-c2ccccc2)c1. The number of anilines is 1. The third kappa shape index (κ3) is 3.77. The van der Waals surface area contributed by atoms with Gasteiger partial charge in [-0.25, -0.2) is 0 Å². The first-order chi connectivity index (χ1) is 10.1. The zero-order valence-electron chi connectivity index (χ0n) is 11.3. The van der Waals surface area contributed by atoms with E-state index in [4.69, 9.17) is 5.11 Å². The lowest BCUT2D eigenvalue weighted by Crippen LogP contribution is -2.23. The van der Waals surface area contributed by atoms with Crippen molar-refractivity contribution in [3.8, 4) is 11.1 Å². The Bertz CT molecular complexity index is 616.